The van der Waals surface area contributed by atoms with Gasteiger partial charge in [-0.15, -0.1) is 0 Å². The molecule has 0 atom stereocenters. The molecule has 7 nitrogen and oxygen atoms in total. The molecule has 146 valence electrons. The third-order valence-corrected chi connectivity index (χ3v) is 4.90. The van der Waals surface area contributed by atoms with E-state index < -0.39 is 0 Å². The van der Waals surface area contributed by atoms with E-state index in [1.54, 1.807) is 19.9 Å². The number of carbonyl (C=O) groups is 1. The van der Waals surface area contributed by atoms with Crippen molar-refractivity contribution in [1.82, 2.24) is 19.6 Å². The van der Waals surface area contributed by atoms with Crippen LogP contribution < -0.4 is 10.5 Å². The second-order valence-corrected chi connectivity index (χ2v) is 7.06. The molecule has 2 heterocycles. The van der Waals surface area contributed by atoms with Crippen molar-refractivity contribution >= 4 is 17.6 Å². The number of aryl methyl sites for hydroxylation is 2. The summed E-state index contributed by atoms with van der Waals surface area (Å²) in [6.07, 6.45) is 0. The van der Waals surface area contributed by atoms with E-state index in [1.165, 1.54) is 9.42 Å². The number of nitrogens with one attached hydrogen (secondary N) is 1. The van der Waals surface area contributed by atoms with Crippen molar-refractivity contribution in [3.63, 3.8) is 0 Å². The Kier molecular flexibility index (Phi) is 4.72. The number of aromatic nitrogens is 4. The van der Waals surface area contributed by atoms with Gasteiger partial charge in [-0.1, -0.05) is 48.0 Å². The maximum Gasteiger partial charge on any atom is 0.277 e. The summed E-state index contributed by atoms with van der Waals surface area (Å²) in [4.78, 5) is 36.3. The molecule has 0 bridgehead atoms. The highest BCUT2D eigenvalue weighted by molar-refractivity contribution is 6.05. The zero-order valence-corrected chi connectivity index (χ0v) is 16.5. The molecule has 2 aromatic heterocycles. The van der Waals surface area contributed by atoms with Gasteiger partial charge in [-0.3, -0.25) is 19.6 Å². The van der Waals surface area contributed by atoms with Crippen molar-refractivity contribution < 1.29 is 4.79 Å². The van der Waals surface area contributed by atoms with E-state index in [0.717, 1.165) is 11.1 Å². The fourth-order valence-electron chi connectivity index (χ4n) is 3.16. The number of hydrogen-bond acceptors (Lipinski definition) is 4. The average Bonchev–Trinajstić information content (AvgIpc) is 3.14. The molecule has 0 aliphatic carbocycles. The normalized spacial score (nSPS) is 11.0. The maximum atomic E-state index is 13.4. The Morgan fingerprint density at radius 3 is 2.52 bits per heavy atom. The first-order valence-electron chi connectivity index (χ1n) is 9.32. The highest BCUT2D eigenvalue weighted by Gasteiger charge is 2.23. The van der Waals surface area contributed by atoms with Crippen LogP contribution in [0, 0.1) is 20.8 Å². The molecule has 0 radical (unpaired) electrons. The first-order chi connectivity index (χ1) is 13.9. The van der Waals surface area contributed by atoms with Crippen molar-refractivity contribution in [2.24, 2.45) is 0 Å². The minimum atomic E-state index is -0.228. The average molecular weight is 387 g/mol. The molecule has 0 fully saturated rings. The number of fused-ring (bicyclic) bond motifs is 1. The van der Waals surface area contributed by atoms with Crippen LogP contribution in [0.1, 0.15) is 32.7 Å². The molecule has 1 N–H and O–H groups in total. The van der Waals surface area contributed by atoms with Crippen molar-refractivity contribution in [2.75, 3.05) is 4.90 Å². The van der Waals surface area contributed by atoms with Gasteiger partial charge in [0.2, 0.25) is 5.95 Å². The van der Waals surface area contributed by atoms with E-state index in [-0.39, 0.29) is 23.2 Å². The number of carbonyl (C=O) groups excluding carboxylic acids is 1. The molecule has 2 aromatic carbocycles. The summed E-state index contributed by atoms with van der Waals surface area (Å²) in [5.74, 6) is 0.302. The molecule has 0 saturated heterocycles. The van der Waals surface area contributed by atoms with E-state index in [4.69, 9.17) is 0 Å². The standard InChI is InChI=1S/C22H21N5O2/c1-14-8-7-11-18(12-14)20(29)26(13-17-9-5-4-6-10-17)22-24-21-23-16(3)15(2)19(28)27(21)25-22/h4-12H,13H2,1-3H3,(H,23,24,25). The van der Waals surface area contributed by atoms with E-state index in [9.17, 15) is 9.59 Å². The Hall–Kier alpha value is -3.74. The summed E-state index contributed by atoms with van der Waals surface area (Å²) >= 11 is 0. The monoisotopic (exact) mass is 387 g/mol. The van der Waals surface area contributed by atoms with Crippen LogP contribution in [0.15, 0.2) is 59.4 Å². The summed E-state index contributed by atoms with van der Waals surface area (Å²) in [6, 6.07) is 17.0. The lowest BCUT2D eigenvalue weighted by molar-refractivity contribution is 0.0983. The maximum absolute atomic E-state index is 13.4. The van der Waals surface area contributed by atoms with Crippen LogP contribution >= 0.6 is 0 Å². The third-order valence-electron chi connectivity index (χ3n) is 4.90. The van der Waals surface area contributed by atoms with Crippen LogP contribution in [0.25, 0.3) is 5.78 Å². The zero-order chi connectivity index (χ0) is 20.5. The van der Waals surface area contributed by atoms with Gasteiger partial charge in [0.05, 0.1) is 6.54 Å². The van der Waals surface area contributed by atoms with E-state index in [2.05, 4.69) is 15.1 Å². The fourth-order valence-corrected chi connectivity index (χ4v) is 3.16. The highest BCUT2D eigenvalue weighted by Crippen LogP contribution is 2.18. The molecule has 0 unspecified atom stereocenters. The number of hydrogen-bond donors (Lipinski definition) is 1. The van der Waals surface area contributed by atoms with Gasteiger partial charge in [0.25, 0.3) is 17.2 Å². The van der Waals surface area contributed by atoms with Gasteiger partial charge in [-0.25, -0.2) is 4.98 Å². The first-order valence-corrected chi connectivity index (χ1v) is 9.32. The quantitative estimate of drug-likeness (QED) is 0.583. The first kappa shape index (κ1) is 18.6. The number of aromatic amines is 1. The summed E-state index contributed by atoms with van der Waals surface area (Å²) in [5.41, 5.74) is 3.42. The van der Waals surface area contributed by atoms with Crippen LogP contribution in [0.3, 0.4) is 0 Å². The number of anilines is 1. The zero-order valence-electron chi connectivity index (χ0n) is 16.5. The minimum absolute atomic E-state index is 0.210. The summed E-state index contributed by atoms with van der Waals surface area (Å²) in [6.45, 7) is 5.73. The number of H-pyrrole nitrogens is 1. The minimum Gasteiger partial charge on any atom is -0.272 e. The molecule has 7 heteroatoms. The van der Waals surface area contributed by atoms with Crippen LogP contribution in [-0.4, -0.2) is 25.5 Å². The Labute approximate surface area is 167 Å². The van der Waals surface area contributed by atoms with Crippen molar-refractivity contribution in [3.05, 3.63) is 92.9 Å². The SMILES string of the molecule is Cc1cccc(C(=O)N(Cc2ccccc2)c2nc3nc(C)c(C)c(=O)n3[nH]2)c1. The lowest BCUT2D eigenvalue weighted by Crippen LogP contribution is -2.31. The van der Waals surface area contributed by atoms with Gasteiger partial charge in [0.15, 0.2) is 0 Å². The molecule has 0 aliphatic rings. The molecular weight excluding hydrogens is 366 g/mol. The summed E-state index contributed by atoms with van der Waals surface area (Å²) in [5, 5.41) is 2.95. The van der Waals surface area contributed by atoms with E-state index >= 15 is 0 Å². The van der Waals surface area contributed by atoms with Crippen LogP contribution in [0.4, 0.5) is 5.95 Å². The van der Waals surface area contributed by atoms with E-state index in [0.29, 0.717) is 23.4 Å². The van der Waals surface area contributed by atoms with Crippen molar-refractivity contribution in [3.8, 4) is 0 Å². The number of nitrogens with zero attached hydrogens (tertiary/aromatic N) is 4. The Balaban J connectivity index is 1.84. The smallest absolute Gasteiger partial charge is 0.272 e. The Bertz CT molecular complexity index is 1260. The number of amides is 1. The molecule has 1 amide bonds. The molecule has 0 spiro atoms. The van der Waals surface area contributed by atoms with Gasteiger partial charge in [-0.2, -0.15) is 9.50 Å². The van der Waals surface area contributed by atoms with Gasteiger partial charge in [0.1, 0.15) is 0 Å². The van der Waals surface area contributed by atoms with E-state index in [1.807, 2.05) is 55.5 Å². The predicted molar refractivity (Wildman–Crippen MR) is 111 cm³/mol. The third kappa shape index (κ3) is 3.54. The predicted octanol–water partition coefficient (Wildman–Crippen LogP) is 3.19. The number of benzene rings is 2. The highest BCUT2D eigenvalue weighted by atomic mass is 16.2. The Morgan fingerprint density at radius 1 is 1.03 bits per heavy atom. The molecule has 0 saturated carbocycles. The molecule has 4 rings (SSSR count). The molecule has 4 aromatic rings. The van der Waals surface area contributed by atoms with Crippen LogP contribution in [0.2, 0.25) is 0 Å². The second kappa shape index (κ2) is 7.35. The van der Waals surface area contributed by atoms with Crippen molar-refractivity contribution in [1.29, 1.82) is 0 Å². The molecular formula is C22H21N5O2. The largest absolute Gasteiger partial charge is 0.277 e. The molecule has 0 aliphatic heterocycles. The van der Waals surface area contributed by atoms with Crippen molar-refractivity contribution in [2.45, 2.75) is 27.3 Å². The number of rotatable bonds is 4. The topological polar surface area (TPSA) is 83.4 Å². The fraction of sp³-hybridized carbons (Fsp3) is 0.182. The summed E-state index contributed by atoms with van der Waals surface area (Å²) in [7, 11) is 0. The van der Waals surface area contributed by atoms with Gasteiger partial charge in [0, 0.05) is 16.8 Å². The molecule has 29 heavy (non-hydrogen) atoms. The van der Waals surface area contributed by atoms with Crippen LogP contribution in [-0.2, 0) is 6.54 Å². The van der Waals surface area contributed by atoms with Crippen LogP contribution in [0.5, 0.6) is 0 Å². The Morgan fingerprint density at radius 2 is 1.79 bits per heavy atom. The lowest BCUT2D eigenvalue weighted by Gasteiger charge is -2.20. The lowest BCUT2D eigenvalue weighted by atomic mass is 10.1. The second-order valence-electron chi connectivity index (χ2n) is 7.06. The van der Waals surface area contributed by atoms with Gasteiger partial charge < -0.3 is 0 Å². The summed E-state index contributed by atoms with van der Waals surface area (Å²) < 4.78 is 1.28. The van der Waals surface area contributed by atoms with Gasteiger partial charge in [-0.05, 0) is 38.5 Å². The van der Waals surface area contributed by atoms with Gasteiger partial charge >= 0.3 is 0 Å².